The first-order chi connectivity index (χ1) is 2.89. The molecular weight excluding hydrogens is 76.1 g/mol. The van der Waals surface area contributed by atoms with Crippen LogP contribution in [0.15, 0.2) is 0 Å². The zero-order valence-corrected chi connectivity index (χ0v) is 3.32. The van der Waals surface area contributed by atoms with Crippen LogP contribution in [0, 0.1) is 11.8 Å². The first-order valence-corrected chi connectivity index (χ1v) is 1.91. The van der Waals surface area contributed by atoms with Crippen LogP contribution < -0.4 is 0 Å². The molecule has 0 unspecified atom stereocenters. The van der Waals surface area contributed by atoms with Crippen molar-refractivity contribution in [2.45, 2.75) is 12.8 Å². The van der Waals surface area contributed by atoms with Gasteiger partial charge in [-0.05, 0) is 5.92 Å². The van der Waals surface area contributed by atoms with Crippen LogP contribution in [0.1, 0.15) is 12.8 Å². The molecule has 0 aromatic rings. The topological polar surface area (TPSA) is 17.1 Å². The van der Waals surface area contributed by atoms with Crippen LogP contribution in [0.4, 0.5) is 0 Å². The van der Waals surface area contributed by atoms with E-state index in [2.05, 4.69) is 11.8 Å². The van der Waals surface area contributed by atoms with Crippen LogP contribution in [-0.4, -0.2) is 5.78 Å². The molecule has 1 heteroatoms. The second-order valence-electron chi connectivity index (χ2n) is 1.22. The summed E-state index contributed by atoms with van der Waals surface area (Å²) in [6, 6.07) is 0. The van der Waals surface area contributed by atoms with E-state index in [9.17, 15) is 4.79 Å². The molecule has 0 fully saturated rings. The van der Waals surface area contributed by atoms with Crippen LogP contribution in [0.2, 0.25) is 0 Å². The second kappa shape index (κ2) is 1.14. The van der Waals surface area contributed by atoms with Gasteiger partial charge in [0.1, 0.15) is 0 Å². The fourth-order valence-corrected chi connectivity index (χ4v) is 0.400. The number of carbonyl (C=O) groups excluding carboxylic acids is 1. The van der Waals surface area contributed by atoms with Gasteiger partial charge in [-0.2, -0.15) is 0 Å². The van der Waals surface area contributed by atoms with Crippen molar-refractivity contribution >= 4 is 5.78 Å². The van der Waals surface area contributed by atoms with E-state index in [-0.39, 0.29) is 5.78 Å². The van der Waals surface area contributed by atoms with Gasteiger partial charge in [-0.25, -0.2) is 0 Å². The maximum atomic E-state index is 10.1. The van der Waals surface area contributed by atoms with E-state index < -0.39 is 0 Å². The number of hydrogen-bond donors (Lipinski definition) is 0. The van der Waals surface area contributed by atoms with E-state index in [0.717, 1.165) is 6.42 Å². The summed E-state index contributed by atoms with van der Waals surface area (Å²) in [5.41, 5.74) is 0. The molecule has 0 aliphatic heterocycles. The number of ketones is 1. The van der Waals surface area contributed by atoms with Gasteiger partial charge in [-0.3, -0.25) is 4.79 Å². The van der Waals surface area contributed by atoms with Gasteiger partial charge < -0.3 is 0 Å². The molecule has 6 heavy (non-hydrogen) atoms. The Hall–Kier alpha value is -0.770. The predicted octanol–water partition coefficient (Wildman–Crippen LogP) is 0.353. The minimum absolute atomic E-state index is 0.0926. The third-order valence-electron chi connectivity index (χ3n) is 0.705. The Labute approximate surface area is 36.4 Å². The molecule has 0 amide bonds. The first kappa shape index (κ1) is 3.42. The largest absolute Gasteiger partial charge is 0.285 e. The Bertz CT molecular complexity index is 125. The summed E-state index contributed by atoms with van der Waals surface area (Å²) in [5.74, 6) is 5.20. The summed E-state index contributed by atoms with van der Waals surface area (Å²) in [6.45, 7) is 0. The van der Waals surface area contributed by atoms with Crippen LogP contribution in [0.25, 0.3) is 0 Å². The Morgan fingerprint density at radius 3 is 2.67 bits per heavy atom. The van der Waals surface area contributed by atoms with Gasteiger partial charge >= 0.3 is 0 Å². The summed E-state index contributed by atoms with van der Waals surface area (Å²) in [6.07, 6.45) is 1.40. The Morgan fingerprint density at radius 1 is 1.67 bits per heavy atom. The summed E-state index contributed by atoms with van der Waals surface area (Å²) < 4.78 is 0. The quantitative estimate of drug-likeness (QED) is 0.303. The summed E-state index contributed by atoms with van der Waals surface area (Å²) in [7, 11) is 0. The van der Waals surface area contributed by atoms with Gasteiger partial charge in [-0.1, -0.05) is 5.92 Å². The van der Waals surface area contributed by atoms with Crippen molar-refractivity contribution in [2.24, 2.45) is 0 Å². The van der Waals surface area contributed by atoms with Gasteiger partial charge in [0.15, 0.2) is 0 Å². The number of hydrogen-bond acceptors (Lipinski definition) is 1. The third-order valence-corrected chi connectivity index (χ3v) is 0.705. The maximum Gasteiger partial charge on any atom is 0.206 e. The molecule has 0 saturated heterocycles. The van der Waals surface area contributed by atoms with E-state index in [1.807, 2.05) is 0 Å². The van der Waals surface area contributed by atoms with Crippen molar-refractivity contribution in [1.82, 2.24) is 0 Å². The van der Waals surface area contributed by atoms with Crippen molar-refractivity contribution in [1.29, 1.82) is 0 Å². The molecule has 0 saturated carbocycles. The lowest BCUT2D eigenvalue weighted by Gasteiger charge is -1.69. The fraction of sp³-hybridized carbons (Fsp3) is 0.400. The van der Waals surface area contributed by atoms with Crippen molar-refractivity contribution in [2.75, 3.05) is 0 Å². The molecule has 1 rings (SSSR count). The van der Waals surface area contributed by atoms with E-state index in [1.165, 1.54) is 0 Å². The smallest absolute Gasteiger partial charge is 0.206 e. The van der Waals surface area contributed by atoms with Gasteiger partial charge in [0.25, 0.3) is 0 Å². The van der Waals surface area contributed by atoms with Crippen LogP contribution in [0.3, 0.4) is 0 Å². The maximum absolute atomic E-state index is 10.1. The molecule has 30 valence electrons. The van der Waals surface area contributed by atoms with E-state index in [4.69, 9.17) is 0 Å². The highest BCUT2D eigenvalue weighted by Gasteiger charge is 1.97. The van der Waals surface area contributed by atoms with Crippen molar-refractivity contribution in [3.05, 3.63) is 0 Å². The Morgan fingerprint density at radius 2 is 2.50 bits per heavy atom. The summed E-state index contributed by atoms with van der Waals surface area (Å²) >= 11 is 0. The van der Waals surface area contributed by atoms with E-state index in [1.54, 1.807) is 0 Å². The van der Waals surface area contributed by atoms with Crippen molar-refractivity contribution < 1.29 is 4.79 Å². The Kier molecular flexibility index (Phi) is 0.648. The number of carbonyl (C=O) groups is 1. The summed E-state index contributed by atoms with van der Waals surface area (Å²) in [5, 5.41) is 0. The fourth-order valence-electron chi connectivity index (χ4n) is 0.400. The minimum atomic E-state index is 0.0926. The molecule has 0 aromatic carbocycles. The predicted molar refractivity (Wildman–Crippen MR) is 22.0 cm³/mol. The van der Waals surface area contributed by atoms with E-state index in [0.29, 0.717) is 6.42 Å². The number of Topliss-reactive ketones (excluding diaryl/α,β-unsaturated/α-hetero) is 1. The third kappa shape index (κ3) is 0.414. The molecule has 0 heterocycles. The molecule has 0 spiro atoms. The molecule has 0 radical (unpaired) electrons. The highest BCUT2D eigenvalue weighted by molar-refractivity contribution is 5.97. The second-order valence-corrected chi connectivity index (χ2v) is 1.22. The van der Waals surface area contributed by atoms with E-state index >= 15 is 0 Å². The highest BCUT2D eigenvalue weighted by atomic mass is 16.1. The molecule has 0 aromatic heterocycles. The average molecular weight is 80.1 g/mol. The standard InChI is InChI=1S/C5H4O/c6-5-3-1-2-4-5/h1,3H2. The monoisotopic (exact) mass is 80.0 g/mol. The SMILES string of the molecule is O=C1C#CCC1. The zero-order valence-electron chi connectivity index (χ0n) is 3.32. The zero-order chi connectivity index (χ0) is 4.41. The molecule has 0 atom stereocenters. The number of rotatable bonds is 0. The lowest BCUT2D eigenvalue weighted by molar-refractivity contribution is -0.113. The van der Waals surface area contributed by atoms with Crippen LogP contribution in [-0.2, 0) is 4.79 Å². The van der Waals surface area contributed by atoms with Crippen LogP contribution in [0.5, 0.6) is 0 Å². The van der Waals surface area contributed by atoms with Crippen molar-refractivity contribution in [3.63, 3.8) is 0 Å². The minimum Gasteiger partial charge on any atom is -0.285 e. The molecular formula is C5H4O. The van der Waals surface area contributed by atoms with Gasteiger partial charge in [0.2, 0.25) is 5.78 Å². The molecule has 0 N–H and O–H groups in total. The summed E-state index contributed by atoms with van der Waals surface area (Å²) in [4.78, 5) is 10.1. The van der Waals surface area contributed by atoms with Gasteiger partial charge in [0, 0.05) is 12.8 Å². The highest BCUT2D eigenvalue weighted by Crippen LogP contribution is 1.93. The Balaban J connectivity index is 2.68. The van der Waals surface area contributed by atoms with Gasteiger partial charge in [-0.15, -0.1) is 0 Å². The van der Waals surface area contributed by atoms with Crippen LogP contribution >= 0.6 is 0 Å². The average Bonchev–Trinajstić information content (AvgIpc) is 1.86. The lowest BCUT2D eigenvalue weighted by Crippen LogP contribution is -1.82. The molecule has 1 aliphatic carbocycles. The molecule has 1 aliphatic rings. The lowest BCUT2D eigenvalue weighted by atomic mass is 10.3. The normalized spacial score (nSPS) is 17.0. The van der Waals surface area contributed by atoms with Crippen molar-refractivity contribution in [3.8, 4) is 11.8 Å². The van der Waals surface area contributed by atoms with Gasteiger partial charge in [0.05, 0.1) is 0 Å². The first-order valence-electron chi connectivity index (χ1n) is 1.91. The molecule has 0 bridgehead atoms. The molecule has 1 nitrogen and oxygen atoms in total.